The number of hydrogen-bond acceptors (Lipinski definition) is 5. The van der Waals surface area contributed by atoms with Gasteiger partial charge in [0.15, 0.2) is 0 Å². The van der Waals surface area contributed by atoms with E-state index in [4.69, 9.17) is 9.84 Å². The summed E-state index contributed by atoms with van der Waals surface area (Å²) in [5.74, 6) is -0.242. The highest BCUT2D eigenvalue weighted by molar-refractivity contribution is 7.20. The second kappa shape index (κ2) is 5.34. The van der Waals surface area contributed by atoms with Crippen molar-refractivity contribution in [3.8, 4) is 0 Å². The van der Waals surface area contributed by atoms with E-state index in [1.807, 2.05) is 4.90 Å². The van der Waals surface area contributed by atoms with Gasteiger partial charge in [0.2, 0.25) is 0 Å². The highest BCUT2D eigenvalue weighted by atomic mass is 32.1. The second-order valence-corrected chi connectivity index (χ2v) is 5.64. The van der Waals surface area contributed by atoms with Crippen molar-refractivity contribution in [1.82, 2.24) is 4.98 Å². The molecule has 0 bridgehead atoms. The fourth-order valence-electron chi connectivity index (χ4n) is 2.31. The largest absolute Gasteiger partial charge is 0.477 e. The van der Waals surface area contributed by atoms with Crippen LogP contribution in [0.2, 0.25) is 0 Å². The first-order valence-electron chi connectivity index (χ1n) is 6.23. The third-order valence-corrected chi connectivity index (χ3v) is 4.33. The lowest BCUT2D eigenvalue weighted by molar-refractivity contribution is 0.0246. The van der Waals surface area contributed by atoms with Gasteiger partial charge in [0, 0.05) is 29.4 Å². The van der Waals surface area contributed by atoms with Crippen molar-refractivity contribution >= 4 is 33.2 Å². The van der Waals surface area contributed by atoms with Gasteiger partial charge in [-0.3, -0.25) is 0 Å². The van der Waals surface area contributed by atoms with Crippen LogP contribution < -0.4 is 4.90 Å². The van der Waals surface area contributed by atoms with E-state index in [1.165, 1.54) is 11.3 Å². The molecule has 2 aromatic rings. The molecule has 0 spiro atoms. The van der Waals surface area contributed by atoms with Crippen molar-refractivity contribution in [2.24, 2.45) is 0 Å². The molecule has 3 heterocycles. The standard InChI is InChI=1S/C13H13FN2O3S/c14-6-8-7-16(3-4-19-8)12-9-5-11(13(17)18)20-10(9)1-2-15-12/h1-2,5,8H,3-4,6-7H2,(H,17,18). The van der Waals surface area contributed by atoms with E-state index in [9.17, 15) is 9.18 Å². The number of anilines is 1. The number of pyridine rings is 1. The first kappa shape index (κ1) is 13.3. The van der Waals surface area contributed by atoms with Crippen molar-refractivity contribution < 1.29 is 19.0 Å². The molecular formula is C13H13FN2O3S. The van der Waals surface area contributed by atoms with Crippen LogP contribution in [0.5, 0.6) is 0 Å². The fraction of sp³-hybridized carbons (Fsp3) is 0.385. The van der Waals surface area contributed by atoms with Gasteiger partial charge in [-0.25, -0.2) is 14.2 Å². The average Bonchev–Trinajstić information content (AvgIpc) is 2.91. The molecule has 2 aromatic heterocycles. The molecule has 0 saturated carbocycles. The van der Waals surface area contributed by atoms with Crippen molar-refractivity contribution in [2.75, 3.05) is 31.3 Å². The molecule has 0 aromatic carbocycles. The van der Waals surface area contributed by atoms with E-state index in [2.05, 4.69) is 4.98 Å². The zero-order valence-electron chi connectivity index (χ0n) is 10.6. The summed E-state index contributed by atoms with van der Waals surface area (Å²) in [5, 5.41) is 9.87. The number of halogens is 1. The summed E-state index contributed by atoms with van der Waals surface area (Å²) in [5.41, 5.74) is 0. The molecule has 1 atom stereocenters. The van der Waals surface area contributed by atoms with Crippen molar-refractivity contribution in [1.29, 1.82) is 0 Å². The van der Waals surface area contributed by atoms with Gasteiger partial charge in [0.1, 0.15) is 23.5 Å². The quantitative estimate of drug-likeness (QED) is 0.940. The van der Waals surface area contributed by atoms with Crippen LogP contribution in [0.25, 0.3) is 10.1 Å². The Labute approximate surface area is 118 Å². The van der Waals surface area contributed by atoms with E-state index in [1.54, 1.807) is 18.3 Å². The van der Waals surface area contributed by atoms with Crippen molar-refractivity contribution in [3.63, 3.8) is 0 Å². The van der Waals surface area contributed by atoms with Crippen molar-refractivity contribution in [3.05, 3.63) is 23.2 Å². The molecule has 1 saturated heterocycles. The maximum atomic E-state index is 12.7. The molecule has 0 radical (unpaired) electrons. The maximum absolute atomic E-state index is 12.7. The molecule has 1 fully saturated rings. The number of thiophene rings is 1. The number of hydrogen-bond donors (Lipinski definition) is 1. The molecule has 3 rings (SSSR count). The zero-order chi connectivity index (χ0) is 14.1. The first-order valence-corrected chi connectivity index (χ1v) is 7.05. The average molecular weight is 296 g/mol. The second-order valence-electron chi connectivity index (χ2n) is 4.56. The summed E-state index contributed by atoms with van der Waals surface area (Å²) in [6, 6.07) is 3.42. The number of alkyl halides is 1. The monoisotopic (exact) mass is 296 g/mol. The summed E-state index contributed by atoms with van der Waals surface area (Å²) in [6.07, 6.45) is 1.21. The van der Waals surface area contributed by atoms with Crippen LogP contribution in [0.15, 0.2) is 18.3 Å². The van der Waals surface area contributed by atoms with Gasteiger partial charge >= 0.3 is 5.97 Å². The minimum Gasteiger partial charge on any atom is -0.477 e. The van der Waals surface area contributed by atoms with Crippen LogP contribution in [0.3, 0.4) is 0 Å². The number of carbonyl (C=O) groups is 1. The fourth-order valence-corrected chi connectivity index (χ4v) is 3.20. The third-order valence-electron chi connectivity index (χ3n) is 3.25. The smallest absolute Gasteiger partial charge is 0.345 e. The van der Waals surface area contributed by atoms with Crippen molar-refractivity contribution in [2.45, 2.75) is 6.10 Å². The minimum absolute atomic E-state index is 0.282. The van der Waals surface area contributed by atoms with E-state index in [0.717, 1.165) is 10.1 Å². The van der Waals surface area contributed by atoms with Gasteiger partial charge in [0.05, 0.1) is 6.61 Å². The number of ether oxygens (including phenoxy) is 1. The Kier molecular flexibility index (Phi) is 3.54. The van der Waals surface area contributed by atoms with E-state index < -0.39 is 18.7 Å². The Morgan fingerprint density at radius 1 is 1.65 bits per heavy atom. The third kappa shape index (κ3) is 2.34. The molecule has 0 amide bonds. The molecule has 7 heteroatoms. The number of morpholine rings is 1. The highest BCUT2D eigenvalue weighted by Crippen LogP contribution is 2.32. The van der Waals surface area contributed by atoms with Gasteiger partial charge in [-0.15, -0.1) is 11.3 Å². The Bertz CT molecular complexity index is 646. The van der Waals surface area contributed by atoms with Crippen LogP contribution in [0, 0.1) is 0 Å². The number of fused-ring (bicyclic) bond motifs is 1. The summed E-state index contributed by atoms with van der Waals surface area (Å²) in [7, 11) is 0. The van der Waals surface area contributed by atoms with Crippen LogP contribution in [-0.2, 0) is 4.74 Å². The molecule has 1 N–H and O–H groups in total. The molecule has 1 unspecified atom stereocenters. The number of nitrogens with zero attached hydrogens (tertiary/aromatic N) is 2. The Morgan fingerprint density at radius 2 is 2.50 bits per heavy atom. The van der Waals surface area contributed by atoms with Crippen LogP contribution >= 0.6 is 11.3 Å². The summed E-state index contributed by atoms with van der Waals surface area (Å²) in [4.78, 5) is 17.6. The lowest BCUT2D eigenvalue weighted by Gasteiger charge is -2.32. The summed E-state index contributed by atoms with van der Waals surface area (Å²) >= 11 is 1.22. The van der Waals surface area contributed by atoms with Gasteiger partial charge < -0.3 is 14.7 Å². The predicted molar refractivity (Wildman–Crippen MR) is 74.5 cm³/mol. The number of aromatic carboxylic acids is 1. The summed E-state index contributed by atoms with van der Waals surface area (Å²) in [6.45, 7) is 0.973. The van der Waals surface area contributed by atoms with E-state index in [0.29, 0.717) is 25.5 Å². The van der Waals surface area contributed by atoms with Gasteiger partial charge in [-0.1, -0.05) is 0 Å². The van der Waals surface area contributed by atoms with Gasteiger partial charge in [-0.2, -0.15) is 0 Å². The summed E-state index contributed by atoms with van der Waals surface area (Å²) < 4.78 is 18.9. The SMILES string of the molecule is O=C(O)c1cc2c(N3CCOC(CF)C3)nccc2s1. The van der Waals surface area contributed by atoms with Gasteiger partial charge in [0.25, 0.3) is 0 Å². The Morgan fingerprint density at radius 3 is 3.25 bits per heavy atom. The lowest BCUT2D eigenvalue weighted by atomic mass is 10.2. The molecule has 1 aliphatic heterocycles. The van der Waals surface area contributed by atoms with E-state index >= 15 is 0 Å². The Hall–Kier alpha value is -1.73. The molecule has 1 aliphatic rings. The molecule has 5 nitrogen and oxygen atoms in total. The molecular weight excluding hydrogens is 283 g/mol. The number of carboxylic acid groups (broad SMARTS) is 1. The maximum Gasteiger partial charge on any atom is 0.345 e. The lowest BCUT2D eigenvalue weighted by Crippen LogP contribution is -2.43. The minimum atomic E-state index is -0.944. The number of carboxylic acids is 1. The number of rotatable bonds is 3. The van der Waals surface area contributed by atoms with E-state index in [-0.39, 0.29) is 4.88 Å². The van der Waals surface area contributed by atoms with Gasteiger partial charge in [-0.05, 0) is 12.1 Å². The molecule has 106 valence electrons. The topological polar surface area (TPSA) is 62.7 Å². The van der Waals surface area contributed by atoms with Crippen LogP contribution in [-0.4, -0.2) is 48.5 Å². The first-order chi connectivity index (χ1) is 9.69. The predicted octanol–water partition coefficient (Wildman–Crippen LogP) is 2.17. The van der Waals surface area contributed by atoms with Crippen LogP contribution in [0.1, 0.15) is 9.67 Å². The molecule has 0 aliphatic carbocycles. The number of aromatic nitrogens is 1. The zero-order valence-corrected chi connectivity index (χ0v) is 11.4. The molecule has 20 heavy (non-hydrogen) atoms. The highest BCUT2D eigenvalue weighted by Gasteiger charge is 2.23. The van der Waals surface area contributed by atoms with Crippen LogP contribution in [0.4, 0.5) is 10.2 Å². The Balaban J connectivity index is 2.00. The normalized spacial score (nSPS) is 19.4.